The van der Waals surface area contributed by atoms with Crippen LogP contribution in [0.4, 0.5) is 0 Å². The molecular formula is C19H25NO4. The van der Waals surface area contributed by atoms with Gasteiger partial charge in [0.2, 0.25) is 0 Å². The van der Waals surface area contributed by atoms with Crippen LogP contribution in [0.2, 0.25) is 0 Å². The van der Waals surface area contributed by atoms with Gasteiger partial charge in [-0.15, -0.1) is 6.58 Å². The number of aliphatic hydroxyl groups excluding tert-OH is 1. The van der Waals surface area contributed by atoms with Crippen LogP contribution < -0.4 is 4.74 Å². The van der Waals surface area contributed by atoms with E-state index in [4.69, 9.17) is 13.9 Å². The lowest BCUT2D eigenvalue weighted by Crippen LogP contribution is -2.34. The van der Waals surface area contributed by atoms with Crippen molar-refractivity contribution in [2.45, 2.75) is 19.2 Å². The summed E-state index contributed by atoms with van der Waals surface area (Å²) in [5, 5.41) is 10.2. The number of nitrogens with zero attached hydrogens (tertiary/aromatic N) is 1. The third-order valence-electron chi connectivity index (χ3n) is 3.56. The third kappa shape index (κ3) is 5.85. The molecular weight excluding hydrogens is 306 g/mol. The van der Waals surface area contributed by atoms with E-state index >= 15 is 0 Å². The van der Waals surface area contributed by atoms with E-state index in [9.17, 15) is 5.11 Å². The first-order valence-corrected chi connectivity index (χ1v) is 7.96. The van der Waals surface area contributed by atoms with Crippen LogP contribution in [0.15, 0.2) is 59.7 Å². The maximum absolute atomic E-state index is 10.2. The Morgan fingerprint density at radius 2 is 2.08 bits per heavy atom. The molecule has 0 radical (unpaired) electrons. The fraction of sp³-hybridized carbons (Fsp3) is 0.368. The minimum Gasteiger partial charge on any atom is -0.496 e. The molecule has 0 aliphatic rings. The fourth-order valence-corrected chi connectivity index (χ4v) is 2.52. The SMILES string of the molecule is C=CCOC[C@@H](O)CN(Cc1ccco1)Cc1ccccc1OC. The average molecular weight is 331 g/mol. The molecule has 1 heterocycles. The summed E-state index contributed by atoms with van der Waals surface area (Å²) in [5.41, 5.74) is 1.06. The van der Waals surface area contributed by atoms with Gasteiger partial charge < -0.3 is 19.0 Å². The standard InChI is InChI=1S/C19H25NO4/c1-3-10-23-15-17(21)13-20(14-18-8-6-11-24-18)12-16-7-4-5-9-19(16)22-2/h3-9,11,17,21H,1,10,12-15H2,2H3/t17-/m0/s1. The fourth-order valence-electron chi connectivity index (χ4n) is 2.52. The van der Waals surface area contributed by atoms with Crippen LogP contribution in [-0.4, -0.2) is 43.0 Å². The lowest BCUT2D eigenvalue weighted by molar-refractivity contribution is 0.0214. The average Bonchev–Trinajstić information content (AvgIpc) is 3.08. The molecule has 1 N–H and O–H groups in total. The molecule has 130 valence electrons. The van der Waals surface area contributed by atoms with Crippen LogP contribution in [0.5, 0.6) is 5.75 Å². The number of benzene rings is 1. The highest BCUT2D eigenvalue weighted by molar-refractivity contribution is 5.33. The van der Waals surface area contributed by atoms with Gasteiger partial charge in [0.05, 0.1) is 39.2 Å². The van der Waals surface area contributed by atoms with Gasteiger partial charge in [0.15, 0.2) is 0 Å². The first kappa shape index (κ1) is 18.3. The molecule has 0 unspecified atom stereocenters. The van der Waals surface area contributed by atoms with Gasteiger partial charge in [0.1, 0.15) is 11.5 Å². The van der Waals surface area contributed by atoms with Crippen molar-refractivity contribution >= 4 is 0 Å². The Morgan fingerprint density at radius 1 is 1.25 bits per heavy atom. The summed E-state index contributed by atoms with van der Waals surface area (Å²) < 4.78 is 16.2. The Hall–Kier alpha value is -2.08. The Bertz CT molecular complexity index is 597. The van der Waals surface area contributed by atoms with Crippen LogP contribution in [0.1, 0.15) is 11.3 Å². The van der Waals surface area contributed by atoms with Gasteiger partial charge >= 0.3 is 0 Å². The molecule has 0 saturated carbocycles. The zero-order chi connectivity index (χ0) is 17.2. The topological polar surface area (TPSA) is 55.1 Å². The summed E-state index contributed by atoms with van der Waals surface area (Å²) in [5.74, 6) is 1.68. The second-order valence-electron chi connectivity index (χ2n) is 5.54. The zero-order valence-electron chi connectivity index (χ0n) is 14.1. The number of hydrogen-bond acceptors (Lipinski definition) is 5. The number of hydrogen-bond donors (Lipinski definition) is 1. The van der Waals surface area contributed by atoms with Gasteiger partial charge in [-0.25, -0.2) is 0 Å². The molecule has 0 bridgehead atoms. The van der Waals surface area contributed by atoms with Crippen molar-refractivity contribution in [3.63, 3.8) is 0 Å². The van der Waals surface area contributed by atoms with E-state index in [0.29, 0.717) is 26.2 Å². The Labute approximate surface area is 143 Å². The minimum atomic E-state index is -0.588. The number of furan rings is 1. The second kappa shape index (κ2) is 9.93. The third-order valence-corrected chi connectivity index (χ3v) is 3.56. The van der Waals surface area contributed by atoms with Crippen molar-refractivity contribution in [3.05, 3.63) is 66.6 Å². The second-order valence-corrected chi connectivity index (χ2v) is 5.54. The van der Waals surface area contributed by atoms with Crippen LogP contribution in [0.3, 0.4) is 0 Å². The molecule has 0 amide bonds. The van der Waals surface area contributed by atoms with E-state index in [0.717, 1.165) is 17.1 Å². The summed E-state index contributed by atoms with van der Waals surface area (Å²) in [7, 11) is 1.66. The number of rotatable bonds is 11. The Morgan fingerprint density at radius 3 is 2.79 bits per heavy atom. The highest BCUT2D eigenvalue weighted by atomic mass is 16.5. The zero-order valence-corrected chi connectivity index (χ0v) is 14.1. The largest absolute Gasteiger partial charge is 0.496 e. The number of methoxy groups -OCH3 is 1. The molecule has 0 saturated heterocycles. The number of ether oxygens (including phenoxy) is 2. The molecule has 2 rings (SSSR count). The van der Waals surface area contributed by atoms with Crippen molar-refractivity contribution in [2.75, 3.05) is 26.9 Å². The molecule has 0 fully saturated rings. The Balaban J connectivity index is 2.03. The van der Waals surface area contributed by atoms with Crippen LogP contribution in [0.25, 0.3) is 0 Å². The molecule has 0 aliphatic heterocycles. The lowest BCUT2D eigenvalue weighted by Gasteiger charge is -2.25. The van der Waals surface area contributed by atoms with Crippen LogP contribution in [0, 0.1) is 0 Å². The quantitative estimate of drug-likeness (QED) is 0.507. The molecule has 1 atom stereocenters. The maximum atomic E-state index is 10.2. The minimum absolute atomic E-state index is 0.270. The van der Waals surface area contributed by atoms with Gasteiger partial charge in [-0.2, -0.15) is 0 Å². The van der Waals surface area contributed by atoms with Gasteiger partial charge in [0, 0.05) is 18.7 Å². The van der Waals surface area contributed by atoms with Crippen LogP contribution in [-0.2, 0) is 17.8 Å². The molecule has 24 heavy (non-hydrogen) atoms. The van der Waals surface area contributed by atoms with Crippen molar-refractivity contribution in [2.24, 2.45) is 0 Å². The van der Waals surface area contributed by atoms with E-state index in [1.165, 1.54) is 0 Å². The summed E-state index contributed by atoms with van der Waals surface area (Å²) in [4.78, 5) is 2.11. The van der Waals surface area contributed by atoms with Gasteiger partial charge in [-0.05, 0) is 18.2 Å². The normalized spacial score (nSPS) is 12.3. The van der Waals surface area contributed by atoms with Gasteiger partial charge in [-0.3, -0.25) is 4.90 Å². The monoisotopic (exact) mass is 331 g/mol. The van der Waals surface area contributed by atoms with Gasteiger partial charge in [0.25, 0.3) is 0 Å². The number of para-hydroxylation sites is 1. The van der Waals surface area contributed by atoms with Gasteiger partial charge in [-0.1, -0.05) is 24.3 Å². The van der Waals surface area contributed by atoms with Crippen molar-refractivity contribution < 1.29 is 19.0 Å². The highest BCUT2D eigenvalue weighted by Crippen LogP contribution is 2.20. The van der Waals surface area contributed by atoms with E-state index in [2.05, 4.69) is 11.5 Å². The maximum Gasteiger partial charge on any atom is 0.123 e. The molecule has 5 nitrogen and oxygen atoms in total. The summed E-state index contributed by atoms with van der Waals surface area (Å²) in [6, 6.07) is 11.7. The summed E-state index contributed by atoms with van der Waals surface area (Å²) in [6.07, 6.45) is 2.73. The molecule has 0 spiro atoms. The lowest BCUT2D eigenvalue weighted by atomic mass is 10.1. The predicted molar refractivity (Wildman–Crippen MR) is 92.8 cm³/mol. The molecule has 1 aromatic heterocycles. The molecule has 2 aromatic rings. The predicted octanol–water partition coefficient (Wildman–Crippen LogP) is 2.85. The van der Waals surface area contributed by atoms with Crippen LogP contribution >= 0.6 is 0 Å². The van der Waals surface area contributed by atoms with Crippen molar-refractivity contribution in [1.82, 2.24) is 4.90 Å². The molecule has 5 heteroatoms. The van der Waals surface area contributed by atoms with E-state index in [1.807, 2.05) is 36.4 Å². The smallest absolute Gasteiger partial charge is 0.123 e. The van der Waals surface area contributed by atoms with E-state index in [-0.39, 0.29) is 6.61 Å². The summed E-state index contributed by atoms with van der Waals surface area (Å²) >= 11 is 0. The van der Waals surface area contributed by atoms with Crippen molar-refractivity contribution in [3.8, 4) is 5.75 Å². The Kier molecular flexibility index (Phi) is 7.55. The molecule has 0 aliphatic carbocycles. The first-order chi connectivity index (χ1) is 11.7. The molecule has 1 aromatic carbocycles. The number of aliphatic hydroxyl groups is 1. The van der Waals surface area contributed by atoms with E-state index < -0.39 is 6.10 Å². The van der Waals surface area contributed by atoms with Crippen molar-refractivity contribution in [1.29, 1.82) is 0 Å². The summed E-state index contributed by atoms with van der Waals surface area (Å²) in [6.45, 7) is 6.01. The first-order valence-electron chi connectivity index (χ1n) is 7.96. The van der Waals surface area contributed by atoms with E-state index in [1.54, 1.807) is 19.4 Å². The highest BCUT2D eigenvalue weighted by Gasteiger charge is 2.16.